The van der Waals surface area contributed by atoms with E-state index in [2.05, 4.69) is 45.9 Å². The molecule has 2 heterocycles. The number of aliphatic hydroxyl groups excluding tert-OH is 1. The normalized spacial score (nSPS) is 23.3. The van der Waals surface area contributed by atoms with E-state index in [1.54, 1.807) is 0 Å². The van der Waals surface area contributed by atoms with Crippen LogP contribution in [0.25, 0.3) is 0 Å². The van der Waals surface area contributed by atoms with Crippen LogP contribution in [0.1, 0.15) is 24.3 Å². The third-order valence-corrected chi connectivity index (χ3v) is 4.43. The van der Waals surface area contributed by atoms with Gasteiger partial charge < -0.3 is 20.6 Å². The smallest absolute Gasteiger partial charge is 0.110 e. The molecular weight excluding hydrogens is 262 g/mol. The highest BCUT2D eigenvalue weighted by Gasteiger charge is 2.20. The summed E-state index contributed by atoms with van der Waals surface area (Å²) < 4.78 is 0. The van der Waals surface area contributed by atoms with Crippen LogP contribution in [0.4, 0.5) is 0 Å². The molecule has 4 nitrogen and oxygen atoms in total. The SMILES string of the molecule is OC1=CN(C[C@H](CNC2CCNC2)c2ccccc2)CC1. The minimum Gasteiger partial charge on any atom is -0.511 e. The van der Waals surface area contributed by atoms with E-state index in [0.29, 0.717) is 17.7 Å². The van der Waals surface area contributed by atoms with Gasteiger partial charge in [-0.1, -0.05) is 30.3 Å². The van der Waals surface area contributed by atoms with Crippen LogP contribution in [-0.4, -0.2) is 48.8 Å². The quantitative estimate of drug-likeness (QED) is 0.747. The van der Waals surface area contributed by atoms with Crippen LogP contribution in [0.2, 0.25) is 0 Å². The van der Waals surface area contributed by atoms with Gasteiger partial charge in [-0.05, 0) is 18.5 Å². The molecule has 1 fully saturated rings. The lowest BCUT2D eigenvalue weighted by atomic mass is 9.98. The molecule has 0 radical (unpaired) electrons. The van der Waals surface area contributed by atoms with E-state index in [9.17, 15) is 5.11 Å². The molecule has 3 rings (SSSR count). The molecule has 1 aromatic carbocycles. The summed E-state index contributed by atoms with van der Waals surface area (Å²) in [5.74, 6) is 0.962. The second-order valence-corrected chi connectivity index (χ2v) is 6.07. The minimum atomic E-state index is 0.453. The third kappa shape index (κ3) is 3.99. The molecule has 0 bridgehead atoms. The summed E-state index contributed by atoms with van der Waals surface area (Å²) >= 11 is 0. The molecule has 114 valence electrons. The predicted molar refractivity (Wildman–Crippen MR) is 85.4 cm³/mol. The first-order valence-electron chi connectivity index (χ1n) is 7.94. The van der Waals surface area contributed by atoms with Crippen LogP contribution in [0.3, 0.4) is 0 Å². The van der Waals surface area contributed by atoms with E-state index < -0.39 is 0 Å². The van der Waals surface area contributed by atoms with Crippen molar-refractivity contribution in [1.82, 2.24) is 15.5 Å². The van der Waals surface area contributed by atoms with Crippen molar-refractivity contribution in [2.45, 2.75) is 24.8 Å². The van der Waals surface area contributed by atoms with Crippen molar-refractivity contribution in [1.29, 1.82) is 0 Å². The summed E-state index contributed by atoms with van der Waals surface area (Å²) in [6, 6.07) is 11.3. The van der Waals surface area contributed by atoms with Crippen molar-refractivity contribution in [3.8, 4) is 0 Å². The number of rotatable bonds is 6. The zero-order chi connectivity index (χ0) is 14.5. The fraction of sp³-hybridized carbons (Fsp3) is 0.529. The average molecular weight is 287 g/mol. The largest absolute Gasteiger partial charge is 0.511 e. The Hall–Kier alpha value is -1.52. The highest BCUT2D eigenvalue weighted by atomic mass is 16.3. The topological polar surface area (TPSA) is 47.5 Å². The summed E-state index contributed by atoms with van der Waals surface area (Å²) in [5.41, 5.74) is 1.37. The zero-order valence-corrected chi connectivity index (χ0v) is 12.5. The lowest BCUT2D eigenvalue weighted by Gasteiger charge is -2.25. The Morgan fingerprint density at radius 3 is 2.86 bits per heavy atom. The molecule has 0 spiro atoms. The number of aliphatic hydroxyl groups is 1. The van der Waals surface area contributed by atoms with Gasteiger partial charge in [-0.3, -0.25) is 0 Å². The monoisotopic (exact) mass is 287 g/mol. The van der Waals surface area contributed by atoms with Gasteiger partial charge >= 0.3 is 0 Å². The van der Waals surface area contributed by atoms with Gasteiger partial charge in [0.25, 0.3) is 0 Å². The van der Waals surface area contributed by atoms with Gasteiger partial charge in [-0.2, -0.15) is 0 Å². The fourth-order valence-electron chi connectivity index (χ4n) is 3.18. The first-order chi connectivity index (χ1) is 10.3. The molecule has 2 atom stereocenters. The van der Waals surface area contributed by atoms with E-state index in [4.69, 9.17) is 0 Å². The molecule has 3 N–H and O–H groups in total. The molecule has 2 aliphatic rings. The molecule has 0 saturated carbocycles. The maximum absolute atomic E-state index is 9.58. The Bertz CT molecular complexity index is 468. The number of nitrogens with one attached hydrogen (secondary N) is 2. The van der Waals surface area contributed by atoms with Crippen molar-refractivity contribution in [2.24, 2.45) is 0 Å². The van der Waals surface area contributed by atoms with Crippen LogP contribution < -0.4 is 10.6 Å². The number of hydrogen-bond acceptors (Lipinski definition) is 4. The third-order valence-electron chi connectivity index (χ3n) is 4.43. The molecule has 2 aliphatic heterocycles. The predicted octanol–water partition coefficient (Wildman–Crippen LogP) is 1.83. The second kappa shape index (κ2) is 6.96. The van der Waals surface area contributed by atoms with Crippen LogP contribution in [0, 0.1) is 0 Å². The summed E-state index contributed by atoms with van der Waals surface area (Å²) in [5, 5.41) is 16.7. The van der Waals surface area contributed by atoms with Gasteiger partial charge in [0.1, 0.15) is 5.76 Å². The van der Waals surface area contributed by atoms with Crippen LogP contribution in [0.5, 0.6) is 0 Å². The summed E-state index contributed by atoms with van der Waals surface area (Å²) in [6.07, 6.45) is 3.89. The highest BCUT2D eigenvalue weighted by Crippen LogP contribution is 2.20. The Labute approximate surface area is 126 Å². The Kier molecular flexibility index (Phi) is 4.78. The Morgan fingerprint density at radius 1 is 1.33 bits per heavy atom. The lowest BCUT2D eigenvalue weighted by Crippen LogP contribution is -2.37. The van der Waals surface area contributed by atoms with Crippen molar-refractivity contribution >= 4 is 0 Å². The maximum Gasteiger partial charge on any atom is 0.110 e. The number of benzene rings is 1. The van der Waals surface area contributed by atoms with E-state index in [0.717, 1.165) is 39.1 Å². The van der Waals surface area contributed by atoms with Gasteiger partial charge in [-0.25, -0.2) is 0 Å². The summed E-state index contributed by atoms with van der Waals surface area (Å²) in [7, 11) is 0. The summed E-state index contributed by atoms with van der Waals surface area (Å²) in [6.45, 7) is 5.07. The first-order valence-corrected chi connectivity index (χ1v) is 7.94. The van der Waals surface area contributed by atoms with Gasteiger partial charge in [0.05, 0.1) is 0 Å². The van der Waals surface area contributed by atoms with Crippen molar-refractivity contribution in [2.75, 3.05) is 32.7 Å². The van der Waals surface area contributed by atoms with Crippen molar-refractivity contribution in [3.05, 3.63) is 47.9 Å². The van der Waals surface area contributed by atoms with Crippen LogP contribution >= 0.6 is 0 Å². The van der Waals surface area contributed by atoms with Gasteiger partial charge in [0, 0.05) is 50.8 Å². The highest BCUT2D eigenvalue weighted by molar-refractivity contribution is 5.21. The second-order valence-electron chi connectivity index (χ2n) is 6.07. The fourth-order valence-corrected chi connectivity index (χ4v) is 3.18. The van der Waals surface area contributed by atoms with Crippen molar-refractivity contribution < 1.29 is 5.11 Å². The Balaban J connectivity index is 1.62. The standard InChI is InChI=1S/C17H25N3O/c21-17-7-9-20(13-17)12-15(14-4-2-1-3-5-14)10-19-16-6-8-18-11-16/h1-5,13,15-16,18-19,21H,6-12H2/t15-,16?/m0/s1. The molecule has 1 aromatic rings. The van der Waals surface area contributed by atoms with E-state index in [1.807, 2.05) is 6.20 Å². The number of nitrogens with zero attached hydrogens (tertiary/aromatic N) is 1. The molecule has 1 unspecified atom stereocenters. The van der Waals surface area contributed by atoms with E-state index >= 15 is 0 Å². The Morgan fingerprint density at radius 2 is 2.19 bits per heavy atom. The molecule has 21 heavy (non-hydrogen) atoms. The minimum absolute atomic E-state index is 0.453. The average Bonchev–Trinajstić information content (AvgIpc) is 3.16. The lowest BCUT2D eigenvalue weighted by molar-refractivity contribution is 0.356. The van der Waals surface area contributed by atoms with Gasteiger partial charge in [0.2, 0.25) is 0 Å². The van der Waals surface area contributed by atoms with E-state index in [1.165, 1.54) is 12.0 Å². The van der Waals surface area contributed by atoms with E-state index in [-0.39, 0.29) is 0 Å². The molecule has 0 aromatic heterocycles. The van der Waals surface area contributed by atoms with Crippen LogP contribution in [-0.2, 0) is 0 Å². The first kappa shape index (κ1) is 14.4. The molecule has 0 amide bonds. The molecule has 1 saturated heterocycles. The van der Waals surface area contributed by atoms with Crippen molar-refractivity contribution in [3.63, 3.8) is 0 Å². The molecule has 4 heteroatoms. The molecule has 0 aliphatic carbocycles. The number of hydrogen-bond donors (Lipinski definition) is 3. The summed E-state index contributed by atoms with van der Waals surface area (Å²) in [4.78, 5) is 2.24. The zero-order valence-electron chi connectivity index (χ0n) is 12.5. The van der Waals surface area contributed by atoms with Gasteiger partial charge in [0.15, 0.2) is 0 Å². The maximum atomic E-state index is 9.58. The van der Waals surface area contributed by atoms with Gasteiger partial charge in [-0.15, -0.1) is 0 Å². The van der Waals surface area contributed by atoms with Crippen LogP contribution in [0.15, 0.2) is 42.3 Å². The molecular formula is C17H25N3O.